The summed E-state index contributed by atoms with van der Waals surface area (Å²) in [4.78, 5) is 26.1. The van der Waals surface area contributed by atoms with Crippen LogP contribution in [0.3, 0.4) is 0 Å². The zero-order valence-electron chi connectivity index (χ0n) is 17.6. The minimum atomic E-state index is -0.273. The Morgan fingerprint density at radius 1 is 0.938 bits per heavy atom. The molecule has 7 heteroatoms. The minimum absolute atomic E-state index is 0.246. The summed E-state index contributed by atoms with van der Waals surface area (Å²) < 4.78 is 6.60. The Morgan fingerprint density at radius 3 is 2.38 bits per heavy atom. The fourth-order valence-electron chi connectivity index (χ4n) is 3.06. The van der Waals surface area contributed by atoms with Crippen LogP contribution in [0.5, 0.6) is 5.75 Å². The summed E-state index contributed by atoms with van der Waals surface area (Å²) in [5.41, 5.74) is 2.56. The molecule has 0 saturated heterocycles. The molecule has 3 aromatic carbocycles. The van der Waals surface area contributed by atoms with Gasteiger partial charge in [0.2, 0.25) is 0 Å². The summed E-state index contributed by atoms with van der Waals surface area (Å²) in [6, 6.07) is 25.2. The number of nitrogens with one attached hydrogen (secondary N) is 1. The van der Waals surface area contributed by atoms with Crippen molar-refractivity contribution in [2.24, 2.45) is 0 Å². The quantitative estimate of drug-likeness (QED) is 0.456. The van der Waals surface area contributed by atoms with Gasteiger partial charge in [-0.3, -0.25) is 9.59 Å². The number of hydrogen-bond donors (Lipinski definition) is 1. The molecular formula is C25H21N3O3S. The number of benzene rings is 3. The van der Waals surface area contributed by atoms with Crippen LogP contribution in [0.25, 0.3) is 5.69 Å². The van der Waals surface area contributed by atoms with Crippen molar-refractivity contribution in [1.29, 1.82) is 0 Å². The number of anilines is 1. The standard InChI is InChI=1S/C25H21N3O3S/c1-17-7-13-20(14-8-17)32-23-15-16-24(29)28(27-23)19-11-9-18(10-12-19)25(30)26-21-5-3-4-6-22(21)31-2/h3-16H,1-2H3,(H,26,30). The van der Waals surface area contributed by atoms with Crippen LogP contribution in [-0.4, -0.2) is 22.8 Å². The molecule has 0 atom stereocenters. The van der Waals surface area contributed by atoms with E-state index in [0.717, 1.165) is 4.90 Å². The van der Waals surface area contributed by atoms with Crippen LogP contribution < -0.4 is 15.6 Å². The lowest BCUT2D eigenvalue weighted by Crippen LogP contribution is -2.20. The number of aryl methyl sites for hydroxylation is 1. The molecule has 4 aromatic rings. The van der Waals surface area contributed by atoms with Gasteiger partial charge in [-0.1, -0.05) is 41.6 Å². The van der Waals surface area contributed by atoms with Gasteiger partial charge < -0.3 is 10.1 Å². The Morgan fingerprint density at radius 2 is 1.66 bits per heavy atom. The largest absolute Gasteiger partial charge is 0.495 e. The van der Waals surface area contributed by atoms with E-state index in [1.165, 1.54) is 28.1 Å². The molecule has 0 saturated carbocycles. The molecule has 0 bridgehead atoms. The Bertz CT molecular complexity index is 1300. The van der Waals surface area contributed by atoms with Gasteiger partial charge in [-0.05, 0) is 61.5 Å². The highest BCUT2D eigenvalue weighted by Crippen LogP contribution is 2.26. The van der Waals surface area contributed by atoms with Crippen LogP contribution in [0.1, 0.15) is 15.9 Å². The van der Waals surface area contributed by atoms with Crippen LogP contribution in [0.2, 0.25) is 0 Å². The monoisotopic (exact) mass is 443 g/mol. The maximum absolute atomic E-state index is 12.6. The lowest BCUT2D eigenvalue weighted by molar-refractivity contribution is 0.102. The van der Waals surface area contributed by atoms with Gasteiger partial charge in [0.05, 0.1) is 18.5 Å². The van der Waals surface area contributed by atoms with Gasteiger partial charge in [0.1, 0.15) is 10.8 Å². The van der Waals surface area contributed by atoms with Crippen LogP contribution in [0.15, 0.2) is 99.6 Å². The Labute approximate surface area is 189 Å². The average Bonchev–Trinajstić information content (AvgIpc) is 2.82. The number of rotatable bonds is 6. The van der Waals surface area contributed by atoms with Crippen molar-refractivity contribution in [2.45, 2.75) is 16.8 Å². The Balaban J connectivity index is 1.54. The highest BCUT2D eigenvalue weighted by atomic mass is 32.2. The normalized spacial score (nSPS) is 10.6. The van der Waals surface area contributed by atoms with Crippen molar-refractivity contribution in [1.82, 2.24) is 9.78 Å². The number of nitrogens with zero attached hydrogens (tertiary/aromatic N) is 2. The first kappa shape index (κ1) is 21.4. The molecule has 0 radical (unpaired) electrons. The molecule has 1 N–H and O–H groups in total. The molecule has 0 fully saturated rings. The maximum Gasteiger partial charge on any atom is 0.271 e. The SMILES string of the molecule is COc1ccccc1NC(=O)c1ccc(-n2nc(Sc3ccc(C)cc3)ccc2=O)cc1. The first-order valence-corrected chi connectivity index (χ1v) is 10.7. The third-order valence-corrected chi connectivity index (χ3v) is 5.68. The van der Waals surface area contributed by atoms with Crippen molar-refractivity contribution < 1.29 is 9.53 Å². The van der Waals surface area contributed by atoms with E-state index >= 15 is 0 Å². The zero-order valence-corrected chi connectivity index (χ0v) is 18.4. The molecule has 0 aliphatic carbocycles. The summed E-state index contributed by atoms with van der Waals surface area (Å²) >= 11 is 1.48. The summed E-state index contributed by atoms with van der Waals surface area (Å²) in [5.74, 6) is 0.307. The van der Waals surface area contributed by atoms with E-state index in [2.05, 4.69) is 10.4 Å². The fraction of sp³-hybridized carbons (Fsp3) is 0.0800. The Kier molecular flexibility index (Phi) is 6.37. The van der Waals surface area contributed by atoms with Gasteiger partial charge in [-0.15, -0.1) is 0 Å². The van der Waals surface area contributed by atoms with E-state index in [1.54, 1.807) is 49.6 Å². The molecule has 1 aromatic heterocycles. The molecule has 0 aliphatic heterocycles. The third kappa shape index (κ3) is 4.90. The van der Waals surface area contributed by atoms with Crippen molar-refractivity contribution >= 4 is 23.4 Å². The van der Waals surface area contributed by atoms with Crippen LogP contribution in [-0.2, 0) is 0 Å². The number of para-hydroxylation sites is 2. The molecule has 1 heterocycles. The number of methoxy groups -OCH3 is 1. The molecule has 0 aliphatic rings. The van der Waals surface area contributed by atoms with Gasteiger partial charge in [-0.25, -0.2) is 0 Å². The number of carbonyl (C=O) groups is 1. The van der Waals surface area contributed by atoms with Crippen molar-refractivity contribution in [3.8, 4) is 11.4 Å². The van der Waals surface area contributed by atoms with E-state index in [9.17, 15) is 9.59 Å². The molecule has 6 nitrogen and oxygen atoms in total. The minimum Gasteiger partial charge on any atom is -0.495 e. The second-order valence-electron chi connectivity index (χ2n) is 7.04. The van der Waals surface area contributed by atoms with Crippen molar-refractivity contribution in [3.63, 3.8) is 0 Å². The second kappa shape index (κ2) is 9.53. The first-order valence-electron chi connectivity index (χ1n) is 9.93. The molecule has 160 valence electrons. The molecule has 4 rings (SSSR count). The summed E-state index contributed by atoms with van der Waals surface area (Å²) in [5, 5.41) is 8.01. The number of amides is 1. The number of aromatic nitrogens is 2. The number of hydrogen-bond acceptors (Lipinski definition) is 5. The fourth-order valence-corrected chi connectivity index (χ4v) is 3.83. The number of ether oxygens (including phenoxy) is 1. The van der Waals surface area contributed by atoms with E-state index in [1.807, 2.05) is 43.3 Å². The van der Waals surface area contributed by atoms with E-state index in [4.69, 9.17) is 4.74 Å². The zero-order chi connectivity index (χ0) is 22.5. The lowest BCUT2D eigenvalue weighted by atomic mass is 10.2. The molecule has 1 amide bonds. The third-order valence-electron chi connectivity index (χ3n) is 4.75. The second-order valence-corrected chi connectivity index (χ2v) is 8.13. The highest BCUT2D eigenvalue weighted by molar-refractivity contribution is 7.99. The summed E-state index contributed by atoms with van der Waals surface area (Å²) in [6.07, 6.45) is 0. The average molecular weight is 444 g/mol. The molecule has 32 heavy (non-hydrogen) atoms. The highest BCUT2D eigenvalue weighted by Gasteiger charge is 2.11. The predicted molar refractivity (Wildman–Crippen MR) is 126 cm³/mol. The van der Waals surface area contributed by atoms with E-state index in [-0.39, 0.29) is 11.5 Å². The van der Waals surface area contributed by atoms with Gasteiger partial charge in [0, 0.05) is 16.5 Å². The van der Waals surface area contributed by atoms with Crippen LogP contribution in [0.4, 0.5) is 5.69 Å². The maximum atomic E-state index is 12.6. The topological polar surface area (TPSA) is 73.2 Å². The number of carbonyl (C=O) groups excluding carboxylic acids is 1. The van der Waals surface area contributed by atoms with Crippen LogP contribution in [0, 0.1) is 6.92 Å². The summed E-state index contributed by atoms with van der Waals surface area (Å²) in [7, 11) is 1.55. The Hall–Kier alpha value is -3.84. The smallest absolute Gasteiger partial charge is 0.271 e. The lowest BCUT2D eigenvalue weighted by Gasteiger charge is -2.11. The van der Waals surface area contributed by atoms with Crippen LogP contribution >= 0.6 is 11.8 Å². The van der Waals surface area contributed by atoms with E-state index in [0.29, 0.717) is 27.7 Å². The van der Waals surface area contributed by atoms with Crippen molar-refractivity contribution in [3.05, 3.63) is 106 Å². The summed E-state index contributed by atoms with van der Waals surface area (Å²) in [6.45, 7) is 2.03. The van der Waals surface area contributed by atoms with Gasteiger partial charge in [0.25, 0.3) is 11.5 Å². The first-order chi connectivity index (χ1) is 15.5. The van der Waals surface area contributed by atoms with Crippen molar-refractivity contribution in [2.75, 3.05) is 12.4 Å². The van der Waals surface area contributed by atoms with Gasteiger partial charge >= 0.3 is 0 Å². The molecule has 0 unspecified atom stereocenters. The molecular weight excluding hydrogens is 422 g/mol. The molecule has 0 spiro atoms. The predicted octanol–water partition coefficient (Wildman–Crippen LogP) is 4.95. The van der Waals surface area contributed by atoms with Gasteiger partial charge in [-0.2, -0.15) is 9.78 Å². The van der Waals surface area contributed by atoms with E-state index < -0.39 is 0 Å². The van der Waals surface area contributed by atoms with Gasteiger partial charge in [0.15, 0.2) is 0 Å².